The quantitative estimate of drug-likeness (QED) is 0.467. The predicted octanol–water partition coefficient (Wildman–Crippen LogP) is 2.69. The molecule has 0 fully saturated rings. The first-order valence-electron chi connectivity index (χ1n) is 9.36. The highest BCUT2D eigenvalue weighted by atomic mass is 32.2. The number of benzene rings is 2. The van der Waals surface area contributed by atoms with Crippen LogP contribution in [0.15, 0.2) is 83.1 Å². The van der Waals surface area contributed by atoms with Gasteiger partial charge in [0, 0.05) is 36.9 Å². The number of aromatic nitrogens is 3. The van der Waals surface area contributed by atoms with Gasteiger partial charge in [0.15, 0.2) is 5.78 Å². The first-order chi connectivity index (χ1) is 14.8. The lowest BCUT2D eigenvalue weighted by atomic mass is 10.2. The number of Topliss-reactive ketones (excluding diaryl/α,β-unsaturated/α-hetero) is 1. The maximum atomic E-state index is 12.9. The van der Waals surface area contributed by atoms with E-state index in [1.165, 1.54) is 37.4 Å². The summed E-state index contributed by atoms with van der Waals surface area (Å²) < 4.78 is 27.4. The van der Waals surface area contributed by atoms with Crippen molar-refractivity contribution in [1.29, 1.82) is 0 Å². The topological polar surface area (TPSA) is 110 Å². The molecule has 0 bridgehead atoms. The van der Waals surface area contributed by atoms with Gasteiger partial charge in [-0.3, -0.25) is 14.0 Å². The minimum atomic E-state index is -3.76. The molecule has 0 aliphatic heterocycles. The minimum absolute atomic E-state index is 0.0589. The van der Waals surface area contributed by atoms with E-state index >= 15 is 0 Å². The van der Waals surface area contributed by atoms with Crippen molar-refractivity contribution in [2.24, 2.45) is 0 Å². The fraction of sp³-hybridized carbons (Fsp3) is 0.0909. The van der Waals surface area contributed by atoms with Crippen molar-refractivity contribution in [2.45, 2.75) is 23.3 Å². The highest BCUT2D eigenvalue weighted by molar-refractivity contribution is 7.91. The van der Waals surface area contributed by atoms with Gasteiger partial charge >= 0.3 is 0 Å². The minimum Gasteiger partial charge on any atom is -0.348 e. The van der Waals surface area contributed by atoms with Gasteiger partial charge in [0.2, 0.25) is 15.6 Å². The second-order valence-electron chi connectivity index (χ2n) is 6.89. The monoisotopic (exact) mass is 434 g/mol. The molecule has 0 aliphatic carbocycles. The number of imidazole rings is 1. The van der Waals surface area contributed by atoms with E-state index in [1.54, 1.807) is 47.3 Å². The number of fused-ring (bicyclic) bond motifs is 1. The lowest BCUT2D eigenvalue weighted by Gasteiger charge is -2.08. The van der Waals surface area contributed by atoms with Crippen LogP contribution in [0.5, 0.6) is 0 Å². The predicted molar refractivity (Wildman–Crippen MR) is 112 cm³/mol. The normalized spacial score (nSPS) is 11.4. The van der Waals surface area contributed by atoms with Crippen molar-refractivity contribution in [1.82, 2.24) is 19.7 Å². The molecular weight excluding hydrogens is 416 g/mol. The zero-order valence-electron chi connectivity index (χ0n) is 16.5. The molecule has 8 nitrogen and oxygen atoms in total. The summed E-state index contributed by atoms with van der Waals surface area (Å²) in [6.07, 6.45) is 6.37. The summed E-state index contributed by atoms with van der Waals surface area (Å²) in [5.41, 5.74) is 1.46. The smallest absolute Gasteiger partial charge is 0.254 e. The Hall–Kier alpha value is -3.85. The summed E-state index contributed by atoms with van der Waals surface area (Å²) in [5.74, 6) is -0.00596. The van der Waals surface area contributed by atoms with Crippen LogP contribution in [0.25, 0.3) is 5.78 Å². The average molecular weight is 434 g/mol. The maximum Gasteiger partial charge on any atom is 0.254 e. The summed E-state index contributed by atoms with van der Waals surface area (Å²) in [4.78, 5) is 32.2. The summed E-state index contributed by atoms with van der Waals surface area (Å²) in [6.45, 7) is 1.61. The molecule has 2 aromatic carbocycles. The fourth-order valence-electron chi connectivity index (χ4n) is 3.02. The Morgan fingerprint density at radius 1 is 1.00 bits per heavy atom. The first-order valence-corrected chi connectivity index (χ1v) is 10.8. The molecule has 0 saturated carbocycles. The van der Waals surface area contributed by atoms with Gasteiger partial charge in [0.25, 0.3) is 5.91 Å². The van der Waals surface area contributed by atoms with Crippen LogP contribution in [0.4, 0.5) is 0 Å². The number of amides is 1. The van der Waals surface area contributed by atoms with Gasteiger partial charge in [-0.2, -0.15) is 0 Å². The average Bonchev–Trinajstić information content (AvgIpc) is 3.25. The van der Waals surface area contributed by atoms with Crippen molar-refractivity contribution in [2.75, 3.05) is 0 Å². The number of hydrogen-bond donors (Lipinski definition) is 1. The van der Waals surface area contributed by atoms with E-state index in [1.807, 2.05) is 0 Å². The number of sulfone groups is 1. The summed E-state index contributed by atoms with van der Waals surface area (Å²) in [6, 6.07) is 12.2. The second kappa shape index (κ2) is 8.11. The molecule has 1 amide bonds. The molecular formula is C22H18N4O4S. The van der Waals surface area contributed by atoms with E-state index in [4.69, 9.17) is 0 Å². The molecule has 0 saturated heterocycles. The third-order valence-corrected chi connectivity index (χ3v) is 6.51. The van der Waals surface area contributed by atoms with Gasteiger partial charge in [0.05, 0.1) is 15.4 Å². The van der Waals surface area contributed by atoms with Crippen LogP contribution in [-0.2, 0) is 16.4 Å². The number of carbonyl (C=O) groups is 2. The molecule has 31 heavy (non-hydrogen) atoms. The Labute approximate surface area is 178 Å². The van der Waals surface area contributed by atoms with Crippen molar-refractivity contribution < 1.29 is 18.0 Å². The summed E-state index contributed by atoms with van der Waals surface area (Å²) >= 11 is 0. The molecule has 0 spiro atoms. The zero-order chi connectivity index (χ0) is 22.0. The Morgan fingerprint density at radius 2 is 1.77 bits per heavy atom. The van der Waals surface area contributed by atoms with E-state index in [0.29, 0.717) is 16.9 Å². The molecule has 9 heteroatoms. The Bertz CT molecular complexity index is 1390. The van der Waals surface area contributed by atoms with E-state index in [9.17, 15) is 18.0 Å². The molecule has 2 aromatic heterocycles. The Morgan fingerprint density at radius 3 is 2.52 bits per heavy atom. The molecule has 0 atom stereocenters. The van der Waals surface area contributed by atoms with Gasteiger partial charge in [-0.15, -0.1) is 0 Å². The number of rotatable bonds is 6. The molecule has 156 valence electrons. The van der Waals surface area contributed by atoms with Gasteiger partial charge in [-0.05, 0) is 36.8 Å². The SMILES string of the molecule is CC(=O)c1cccc(S(=O)(=O)c2ccc(CNC(=O)c3cnc4nccn4c3)cc2)c1. The highest BCUT2D eigenvalue weighted by Crippen LogP contribution is 2.22. The van der Waals surface area contributed by atoms with Crippen molar-refractivity contribution >= 4 is 27.3 Å². The number of nitrogens with one attached hydrogen (secondary N) is 1. The van der Waals surface area contributed by atoms with Gasteiger partial charge < -0.3 is 5.32 Å². The highest BCUT2D eigenvalue weighted by Gasteiger charge is 2.18. The second-order valence-corrected chi connectivity index (χ2v) is 8.84. The maximum absolute atomic E-state index is 12.9. The third-order valence-electron chi connectivity index (χ3n) is 4.75. The number of hydrogen-bond acceptors (Lipinski definition) is 6. The van der Waals surface area contributed by atoms with E-state index < -0.39 is 9.84 Å². The summed E-state index contributed by atoms with van der Waals surface area (Å²) in [5, 5.41) is 2.78. The lowest BCUT2D eigenvalue weighted by Crippen LogP contribution is -2.23. The van der Waals surface area contributed by atoms with Crippen LogP contribution < -0.4 is 5.32 Å². The lowest BCUT2D eigenvalue weighted by molar-refractivity contribution is 0.0949. The van der Waals surface area contributed by atoms with Gasteiger partial charge in [0.1, 0.15) is 0 Å². The van der Waals surface area contributed by atoms with Crippen LogP contribution in [0.1, 0.15) is 33.2 Å². The first kappa shape index (κ1) is 20.4. The number of nitrogens with zero attached hydrogens (tertiary/aromatic N) is 3. The Kier molecular flexibility index (Phi) is 5.35. The van der Waals surface area contributed by atoms with Crippen LogP contribution in [-0.4, -0.2) is 34.5 Å². The van der Waals surface area contributed by atoms with Crippen molar-refractivity contribution in [3.8, 4) is 0 Å². The molecule has 0 radical (unpaired) electrons. The van der Waals surface area contributed by atoms with E-state index in [0.717, 1.165) is 5.56 Å². The molecule has 0 unspecified atom stereocenters. The van der Waals surface area contributed by atoms with Gasteiger partial charge in [-0.1, -0.05) is 24.3 Å². The fourth-order valence-corrected chi connectivity index (χ4v) is 4.33. The van der Waals surface area contributed by atoms with Crippen LogP contribution in [0.3, 0.4) is 0 Å². The van der Waals surface area contributed by atoms with Crippen LogP contribution in [0.2, 0.25) is 0 Å². The molecule has 1 N–H and O–H groups in total. The van der Waals surface area contributed by atoms with Crippen molar-refractivity contribution in [3.05, 3.63) is 90.0 Å². The molecule has 4 aromatic rings. The molecule has 4 rings (SSSR count). The van der Waals surface area contributed by atoms with Crippen molar-refractivity contribution in [3.63, 3.8) is 0 Å². The number of carbonyl (C=O) groups excluding carboxylic acids is 2. The zero-order valence-corrected chi connectivity index (χ0v) is 17.3. The standard InChI is InChI=1S/C22H18N4O4S/c1-15(27)17-3-2-4-20(11-17)31(29,30)19-7-5-16(6-8-19)12-24-21(28)18-13-25-22-23-9-10-26(22)14-18/h2-11,13-14H,12H2,1H3,(H,24,28). The van der Waals surface area contributed by atoms with Crippen LogP contribution >= 0.6 is 0 Å². The summed E-state index contributed by atoms with van der Waals surface area (Å²) in [7, 11) is -3.76. The van der Waals surface area contributed by atoms with E-state index in [2.05, 4.69) is 15.3 Å². The Balaban J connectivity index is 1.47. The van der Waals surface area contributed by atoms with Crippen LogP contribution in [0, 0.1) is 0 Å². The molecule has 0 aliphatic rings. The number of ketones is 1. The third kappa shape index (κ3) is 4.22. The molecule has 2 heterocycles. The largest absolute Gasteiger partial charge is 0.348 e. The van der Waals surface area contributed by atoms with E-state index in [-0.39, 0.29) is 28.0 Å². The van der Waals surface area contributed by atoms with Gasteiger partial charge in [-0.25, -0.2) is 18.4 Å².